The van der Waals surface area contributed by atoms with E-state index >= 15 is 0 Å². The number of nitrogens with two attached hydrogens (primary N) is 1. The molecule has 1 saturated carbocycles. The number of nitrogens with zero attached hydrogens (tertiary/aromatic N) is 2. The van der Waals surface area contributed by atoms with Gasteiger partial charge in [0.25, 0.3) is 5.91 Å². The molecule has 0 saturated heterocycles. The minimum Gasteiger partial charge on any atom is -0.454 e. The van der Waals surface area contributed by atoms with Gasteiger partial charge in [0.05, 0.1) is 0 Å². The van der Waals surface area contributed by atoms with Crippen LogP contribution < -0.4 is 15.2 Å². The van der Waals surface area contributed by atoms with Crippen molar-refractivity contribution in [1.82, 2.24) is 9.88 Å². The zero-order valence-electron chi connectivity index (χ0n) is 15.1. The quantitative estimate of drug-likeness (QED) is 0.814. The molecule has 8 heteroatoms. The Labute approximate surface area is 169 Å². The van der Waals surface area contributed by atoms with E-state index in [-0.39, 0.29) is 31.1 Å². The molecule has 1 amide bonds. The second-order valence-corrected chi connectivity index (χ2v) is 7.69. The van der Waals surface area contributed by atoms with Gasteiger partial charge in [-0.1, -0.05) is 25.3 Å². The predicted octanol–water partition coefficient (Wildman–Crippen LogP) is 3.73. The van der Waals surface area contributed by atoms with Crippen molar-refractivity contribution < 1.29 is 14.3 Å². The third-order valence-electron chi connectivity index (χ3n) is 5.01. The number of carbonyl (C=O) groups is 1. The third-order valence-corrected chi connectivity index (χ3v) is 5.88. The Morgan fingerprint density at radius 2 is 2.00 bits per heavy atom. The van der Waals surface area contributed by atoms with Gasteiger partial charge in [0.15, 0.2) is 11.5 Å². The number of aromatic nitrogens is 1. The lowest BCUT2D eigenvalue weighted by Crippen LogP contribution is -2.41. The molecule has 2 aromatic rings. The largest absolute Gasteiger partial charge is 0.454 e. The first-order valence-electron chi connectivity index (χ1n) is 9.08. The summed E-state index contributed by atoms with van der Waals surface area (Å²) < 4.78 is 10.9. The maximum Gasteiger partial charge on any atom is 0.273 e. The lowest BCUT2D eigenvalue weighted by Gasteiger charge is -2.34. The highest BCUT2D eigenvalue weighted by Crippen LogP contribution is 2.34. The highest BCUT2D eigenvalue weighted by Gasteiger charge is 2.28. The SMILES string of the molecule is Cl.NCc1nc(C(=O)N(Cc2ccc3c(c2)OCO3)C2CCCCC2)cs1. The summed E-state index contributed by atoms with van der Waals surface area (Å²) in [6.45, 7) is 1.17. The first-order valence-corrected chi connectivity index (χ1v) is 9.96. The molecular formula is C19H24ClN3O3S. The molecule has 27 heavy (non-hydrogen) atoms. The van der Waals surface area contributed by atoms with Crippen LogP contribution in [0, 0.1) is 0 Å². The normalized spacial score (nSPS) is 16.0. The molecule has 1 fully saturated rings. The molecule has 0 unspecified atom stereocenters. The number of thiazole rings is 1. The van der Waals surface area contributed by atoms with Gasteiger partial charge in [-0.2, -0.15) is 0 Å². The minimum atomic E-state index is -0.00878. The summed E-state index contributed by atoms with van der Waals surface area (Å²) >= 11 is 1.44. The summed E-state index contributed by atoms with van der Waals surface area (Å²) in [6.07, 6.45) is 5.67. The first-order chi connectivity index (χ1) is 12.7. The molecule has 1 aliphatic heterocycles. The van der Waals surface area contributed by atoms with Crippen LogP contribution in [0.2, 0.25) is 0 Å². The van der Waals surface area contributed by atoms with Gasteiger partial charge >= 0.3 is 0 Å². The smallest absolute Gasteiger partial charge is 0.273 e. The summed E-state index contributed by atoms with van der Waals surface area (Å²) in [5.74, 6) is 1.50. The second-order valence-electron chi connectivity index (χ2n) is 6.74. The van der Waals surface area contributed by atoms with Crippen molar-refractivity contribution in [1.29, 1.82) is 0 Å². The van der Waals surface area contributed by atoms with E-state index < -0.39 is 0 Å². The fourth-order valence-corrected chi connectivity index (χ4v) is 4.29. The van der Waals surface area contributed by atoms with Crippen LogP contribution in [0.1, 0.15) is 53.2 Å². The summed E-state index contributed by atoms with van der Waals surface area (Å²) in [4.78, 5) is 19.6. The molecule has 1 aromatic carbocycles. The van der Waals surface area contributed by atoms with E-state index in [0.717, 1.165) is 34.9 Å². The number of benzene rings is 1. The molecule has 0 spiro atoms. The van der Waals surface area contributed by atoms with E-state index in [2.05, 4.69) is 4.98 Å². The van der Waals surface area contributed by atoms with Gasteiger partial charge in [-0.25, -0.2) is 4.98 Å². The van der Waals surface area contributed by atoms with Crippen LogP contribution in [0.25, 0.3) is 0 Å². The Kier molecular flexibility index (Phi) is 6.57. The third kappa shape index (κ3) is 4.36. The fourth-order valence-electron chi connectivity index (χ4n) is 3.65. The summed E-state index contributed by atoms with van der Waals surface area (Å²) in [5, 5.41) is 2.61. The zero-order chi connectivity index (χ0) is 17.9. The second kappa shape index (κ2) is 8.91. The average Bonchev–Trinajstić information content (AvgIpc) is 3.35. The predicted molar refractivity (Wildman–Crippen MR) is 107 cm³/mol. The molecule has 2 N–H and O–H groups in total. The van der Waals surface area contributed by atoms with E-state index in [4.69, 9.17) is 15.2 Å². The lowest BCUT2D eigenvalue weighted by atomic mass is 9.93. The van der Waals surface area contributed by atoms with Crippen molar-refractivity contribution in [3.05, 3.63) is 39.8 Å². The van der Waals surface area contributed by atoms with Crippen LogP contribution in [0.3, 0.4) is 0 Å². The molecule has 2 aliphatic rings. The van der Waals surface area contributed by atoms with Crippen LogP contribution in [0.15, 0.2) is 23.6 Å². The maximum absolute atomic E-state index is 13.2. The molecular weight excluding hydrogens is 386 g/mol. The van der Waals surface area contributed by atoms with E-state index in [1.807, 2.05) is 28.5 Å². The van der Waals surface area contributed by atoms with Crippen LogP contribution >= 0.6 is 23.7 Å². The van der Waals surface area contributed by atoms with Crippen LogP contribution in [0.5, 0.6) is 11.5 Å². The molecule has 146 valence electrons. The Hall–Kier alpha value is -1.83. The Balaban J connectivity index is 0.00000210. The van der Waals surface area contributed by atoms with E-state index in [1.165, 1.54) is 30.6 Å². The van der Waals surface area contributed by atoms with Crippen LogP contribution in [-0.2, 0) is 13.1 Å². The number of hydrogen-bond acceptors (Lipinski definition) is 6. The molecule has 6 nitrogen and oxygen atoms in total. The van der Waals surface area contributed by atoms with Crippen molar-refractivity contribution in [2.75, 3.05) is 6.79 Å². The highest BCUT2D eigenvalue weighted by atomic mass is 35.5. The molecule has 0 atom stereocenters. The molecule has 0 bridgehead atoms. The van der Waals surface area contributed by atoms with Gasteiger partial charge in [0, 0.05) is 24.5 Å². The van der Waals surface area contributed by atoms with Crippen molar-refractivity contribution in [3.8, 4) is 11.5 Å². The van der Waals surface area contributed by atoms with Gasteiger partial charge in [-0.3, -0.25) is 4.79 Å². The molecule has 0 radical (unpaired) electrons. The van der Waals surface area contributed by atoms with Crippen molar-refractivity contribution in [2.24, 2.45) is 5.73 Å². The van der Waals surface area contributed by atoms with Gasteiger partial charge in [0.1, 0.15) is 10.7 Å². The van der Waals surface area contributed by atoms with E-state index in [1.54, 1.807) is 0 Å². The van der Waals surface area contributed by atoms with Crippen LogP contribution in [-0.4, -0.2) is 28.6 Å². The fraction of sp³-hybridized carbons (Fsp3) is 0.474. The maximum atomic E-state index is 13.2. The molecule has 1 aliphatic carbocycles. The summed E-state index contributed by atoms with van der Waals surface area (Å²) in [7, 11) is 0. The van der Waals surface area contributed by atoms with Crippen molar-refractivity contribution in [2.45, 2.75) is 51.2 Å². The Morgan fingerprint density at radius 1 is 1.22 bits per heavy atom. The molecule has 2 heterocycles. The topological polar surface area (TPSA) is 77.7 Å². The minimum absolute atomic E-state index is 0. The monoisotopic (exact) mass is 409 g/mol. The Bertz CT molecular complexity index is 792. The van der Waals surface area contributed by atoms with Crippen molar-refractivity contribution >= 4 is 29.7 Å². The zero-order valence-corrected chi connectivity index (χ0v) is 16.7. The van der Waals surface area contributed by atoms with E-state index in [0.29, 0.717) is 18.8 Å². The van der Waals surface area contributed by atoms with Gasteiger partial charge in [-0.05, 0) is 30.5 Å². The van der Waals surface area contributed by atoms with E-state index in [9.17, 15) is 4.79 Å². The van der Waals surface area contributed by atoms with Gasteiger partial charge in [-0.15, -0.1) is 23.7 Å². The Morgan fingerprint density at radius 3 is 2.74 bits per heavy atom. The number of halogens is 1. The summed E-state index contributed by atoms with van der Waals surface area (Å²) in [5.41, 5.74) is 7.20. The lowest BCUT2D eigenvalue weighted by molar-refractivity contribution is 0.0608. The highest BCUT2D eigenvalue weighted by molar-refractivity contribution is 7.09. The summed E-state index contributed by atoms with van der Waals surface area (Å²) in [6, 6.07) is 6.14. The number of fused-ring (bicyclic) bond motifs is 1. The molecule has 1 aromatic heterocycles. The van der Waals surface area contributed by atoms with Gasteiger partial charge in [0.2, 0.25) is 6.79 Å². The van der Waals surface area contributed by atoms with Gasteiger partial charge < -0.3 is 20.1 Å². The number of amides is 1. The number of carbonyl (C=O) groups excluding carboxylic acids is 1. The molecule has 4 rings (SSSR count). The average molecular weight is 410 g/mol. The standard InChI is InChI=1S/C19H23N3O3S.ClH/c20-9-18-21-15(11-26-18)19(23)22(14-4-2-1-3-5-14)10-13-6-7-16-17(8-13)25-12-24-16;/h6-8,11,14H,1-5,9-10,12,20H2;1H. The number of rotatable bonds is 5. The number of hydrogen-bond donors (Lipinski definition) is 1. The number of ether oxygens (including phenoxy) is 2. The van der Waals surface area contributed by atoms with Crippen LogP contribution in [0.4, 0.5) is 0 Å². The van der Waals surface area contributed by atoms with Crippen molar-refractivity contribution in [3.63, 3.8) is 0 Å². The first kappa shape index (κ1) is 19.9.